The zero-order chi connectivity index (χ0) is 22.7. The van der Waals surface area contributed by atoms with Gasteiger partial charge in [-0.3, -0.25) is 14.2 Å². The molecule has 0 aliphatic carbocycles. The van der Waals surface area contributed by atoms with Gasteiger partial charge in [0.15, 0.2) is 5.16 Å². The fraction of sp³-hybridized carbons (Fsp3) is 0.0870. The summed E-state index contributed by atoms with van der Waals surface area (Å²) >= 11 is 10.7. The Morgan fingerprint density at radius 2 is 1.91 bits per heavy atom. The number of thioether (sulfide) groups is 1. The zero-order valence-electron chi connectivity index (χ0n) is 16.8. The van der Waals surface area contributed by atoms with Gasteiger partial charge in [0.2, 0.25) is 5.91 Å². The Morgan fingerprint density at radius 1 is 1.16 bits per heavy atom. The standard InChI is InChI=1S/C23H17BrClN3O3S/c1-31-20-11-8-15(12-18(20)25)26-21(29)13-32-23-27-19-5-3-2-4-17(19)22(30)28(23)16-9-6-14(24)7-10-16/h2-12H,13H2,1H3,(H,26,29). The van der Waals surface area contributed by atoms with Crippen LogP contribution in [0.4, 0.5) is 5.69 Å². The Kier molecular flexibility index (Phi) is 6.83. The molecule has 32 heavy (non-hydrogen) atoms. The van der Waals surface area contributed by atoms with Crippen molar-refractivity contribution in [2.45, 2.75) is 5.16 Å². The minimum Gasteiger partial charge on any atom is -0.495 e. The molecule has 0 spiro atoms. The lowest BCUT2D eigenvalue weighted by molar-refractivity contribution is -0.113. The number of hydrogen-bond donors (Lipinski definition) is 1. The Balaban J connectivity index is 1.62. The van der Waals surface area contributed by atoms with Gasteiger partial charge >= 0.3 is 0 Å². The molecule has 0 atom stereocenters. The zero-order valence-corrected chi connectivity index (χ0v) is 20.0. The second-order valence-electron chi connectivity index (χ2n) is 6.71. The second kappa shape index (κ2) is 9.77. The smallest absolute Gasteiger partial charge is 0.266 e. The summed E-state index contributed by atoms with van der Waals surface area (Å²) in [6.45, 7) is 0. The number of rotatable bonds is 6. The van der Waals surface area contributed by atoms with Gasteiger partial charge < -0.3 is 10.1 Å². The van der Waals surface area contributed by atoms with Crippen molar-refractivity contribution in [2.24, 2.45) is 0 Å². The molecule has 4 aromatic rings. The first-order valence-corrected chi connectivity index (χ1v) is 11.7. The summed E-state index contributed by atoms with van der Waals surface area (Å²) in [4.78, 5) is 30.5. The van der Waals surface area contributed by atoms with E-state index in [1.165, 1.54) is 23.4 Å². The molecule has 1 amide bonds. The number of benzene rings is 3. The summed E-state index contributed by atoms with van der Waals surface area (Å²) in [5.41, 5.74) is 1.61. The van der Waals surface area contributed by atoms with E-state index in [4.69, 9.17) is 16.3 Å². The van der Waals surface area contributed by atoms with Crippen LogP contribution < -0.4 is 15.6 Å². The lowest BCUT2D eigenvalue weighted by Crippen LogP contribution is -2.23. The van der Waals surface area contributed by atoms with Crippen LogP contribution in [0.3, 0.4) is 0 Å². The monoisotopic (exact) mass is 529 g/mol. The van der Waals surface area contributed by atoms with E-state index in [-0.39, 0.29) is 17.2 Å². The molecule has 0 saturated heterocycles. The number of methoxy groups -OCH3 is 1. The Hall–Kier alpha value is -2.81. The topological polar surface area (TPSA) is 73.2 Å². The summed E-state index contributed by atoms with van der Waals surface area (Å²) in [6, 6.07) is 19.5. The van der Waals surface area contributed by atoms with Crippen molar-refractivity contribution < 1.29 is 9.53 Å². The van der Waals surface area contributed by atoms with Crippen LogP contribution in [0.5, 0.6) is 5.75 Å². The first kappa shape index (κ1) is 22.4. The molecule has 0 saturated carbocycles. The van der Waals surface area contributed by atoms with Gasteiger partial charge in [-0.05, 0) is 54.6 Å². The maximum atomic E-state index is 13.2. The van der Waals surface area contributed by atoms with Gasteiger partial charge in [-0.15, -0.1) is 0 Å². The molecule has 0 radical (unpaired) electrons. The van der Waals surface area contributed by atoms with Gasteiger partial charge in [0, 0.05) is 10.2 Å². The molecule has 0 bridgehead atoms. The van der Waals surface area contributed by atoms with Crippen LogP contribution in [0.15, 0.2) is 81.2 Å². The number of fused-ring (bicyclic) bond motifs is 1. The molecule has 162 valence electrons. The van der Waals surface area contributed by atoms with Crippen molar-refractivity contribution in [1.82, 2.24) is 9.55 Å². The van der Waals surface area contributed by atoms with Gasteiger partial charge in [-0.25, -0.2) is 4.98 Å². The SMILES string of the molecule is COc1ccc(NC(=O)CSc2nc3ccccc3c(=O)n2-c2ccc(Br)cc2)cc1Cl. The predicted octanol–water partition coefficient (Wildman–Crippen LogP) is 5.54. The Labute approximate surface area is 201 Å². The highest BCUT2D eigenvalue weighted by molar-refractivity contribution is 9.10. The van der Waals surface area contributed by atoms with E-state index in [9.17, 15) is 9.59 Å². The predicted molar refractivity (Wildman–Crippen MR) is 132 cm³/mol. The third kappa shape index (κ3) is 4.82. The highest BCUT2D eigenvalue weighted by Gasteiger charge is 2.15. The molecule has 0 aliphatic rings. The molecule has 1 N–H and O–H groups in total. The number of ether oxygens (including phenoxy) is 1. The summed E-state index contributed by atoms with van der Waals surface area (Å²) in [7, 11) is 1.53. The highest BCUT2D eigenvalue weighted by atomic mass is 79.9. The van der Waals surface area contributed by atoms with Crippen LogP contribution >= 0.6 is 39.3 Å². The summed E-state index contributed by atoms with van der Waals surface area (Å²) in [5, 5.41) is 4.14. The first-order chi connectivity index (χ1) is 15.5. The van der Waals surface area contributed by atoms with Gasteiger partial charge in [-0.1, -0.05) is 51.4 Å². The van der Waals surface area contributed by atoms with Gasteiger partial charge in [0.1, 0.15) is 5.75 Å². The number of nitrogens with one attached hydrogen (secondary N) is 1. The third-order valence-electron chi connectivity index (χ3n) is 4.60. The normalized spacial score (nSPS) is 10.8. The molecule has 0 aliphatic heterocycles. The van der Waals surface area contributed by atoms with Crippen LogP contribution in [0.2, 0.25) is 5.02 Å². The van der Waals surface area contributed by atoms with E-state index in [1.54, 1.807) is 36.4 Å². The van der Waals surface area contributed by atoms with Crippen molar-refractivity contribution >= 4 is 61.8 Å². The average molecular weight is 531 g/mol. The van der Waals surface area contributed by atoms with Crippen LogP contribution in [0, 0.1) is 0 Å². The third-order valence-corrected chi connectivity index (χ3v) is 6.36. The molecule has 0 fully saturated rings. The minimum atomic E-state index is -0.249. The fourth-order valence-electron chi connectivity index (χ4n) is 3.10. The Morgan fingerprint density at radius 3 is 2.62 bits per heavy atom. The largest absolute Gasteiger partial charge is 0.495 e. The van der Waals surface area contributed by atoms with Gasteiger partial charge in [0.05, 0.1) is 34.5 Å². The van der Waals surface area contributed by atoms with Crippen molar-refractivity contribution in [3.8, 4) is 11.4 Å². The van der Waals surface area contributed by atoms with Crippen LogP contribution in [-0.4, -0.2) is 28.3 Å². The highest BCUT2D eigenvalue weighted by Crippen LogP contribution is 2.28. The van der Waals surface area contributed by atoms with Crippen LogP contribution in [0.25, 0.3) is 16.6 Å². The molecular formula is C23H17BrClN3O3S. The molecule has 4 rings (SSSR count). The van der Waals surface area contributed by atoms with E-state index in [2.05, 4.69) is 26.2 Å². The number of hydrogen-bond acceptors (Lipinski definition) is 5. The molecule has 9 heteroatoms. The van der Waals surface area contributed by atoms with E-state index in [0.29, 0.717) is 38.2 Å². The Bertz CT molecular complexity index is 1360. The maximum Gasteiger partial charge on any atom is 0.266 e. The number of carbonyl (C=O) groups excluding carboxylic acids is 1. The van der Waals surface area contributed by atoms with Crippen LogP contribution in [0.1, 0.15) is 0 Å². The minimum absolute atomic E-state index is 0.0605. The number of nitrogens with zero attached hydrogens (tertiary/aromatic N) is 2. The number of aromatic nitrogens is 2. The second-order valence-corrected chi connectivity index (χ2v) is 8.98. The fourth-order valence-corrected chi connectivity index (χ4v) is 4.43. The molecule has 1 heterocycles. The van der Waals surface area contributed by atoms with Crippen molar-refractivity contribution in [3.63, 3.8) is 0 Å². The molecule has 6 nitrogen and oxygen atoms in total. The molecule has 0 unspecified atom stereocenters. The van der Waals surface area contributed by atoms with E-state index < -0.39 is 0 Å². The summed E-state index contributed by atoms with van der Waals surface area (Å²) < 4.78 is 7.55. The van der Waals surface area contributed by atoms with Crippen molar-refractivity contribution in [2.75, 3.05) is 18.2 Å². The number of carbonyl (C=O) groups is 1. The van der Waals surface area contributed by atoms with Crippen LogP contribution in [-0.2, 0) is 4.79 Å². The van der Waals surface area contributed by atoms with Gasteiger partial charge in [0.25, 0.3) is 5.56 Å². The van der Waals surface area contributed by atoms with Crippen molar-refractivity contribution in [1.29, 1.82) is 0 Å². The number of anilines is 1. The van der Waals surface area contributed by atoms with E-state index in [0.717, 1.165) is 4.47 Å². The lowest BCUT2D eigenvalue weighted by Gasteiger charge is -2.13. The van der Waals surface area contributed by atoms with E-state index in [1.807, 2.05) is 30.3 Å². The van der Waals surface area contributed by atoms with Crippen molar-refractivity contribution in [3.05, 3.63) is 86.6 Å². The molecule has 3 aromatic carbocycles. The average Bonchev–Trinajstić information content (AvgIpc) is 2.79. The summed E-state index contributed by atoms with van der Waals surface area (Å²) in [5.74, 6) is 0.337. The van der Waals surface area contributed by atoms with E-state index >= 15 is 0 Å². The quantitative estimate of drug-likeness (QED) is 0.262. The maximum absolute atomic E-state index is 13.2. The first-order valence-electron chi connectivity index (χ1n) is 9.50. The molecular weight excluding hydrogens is 514 g/mol. The van der Waals surface area contributed by atoms with Gasteiger partial charge in [-0.2, -0.15) is 0 Å². The molecule has 1 aromatic heterocycles. The number of amides is 1. The lowest BCUT2D eigenvalue weighted by atomic mass is 10.2. The number of halogens is 2. The summed E-state index contributed by atoms with van der Waals surface area (Å²) in [6.07, 6.45) is 0. The number of para-hydroxylation sites is 1.